The lowest BCUT2D eigenvalue weighted by Gasteiger charge is -2.12. The van der Waals surface area contributed by atoms with E-state index in [1.807, 2.05) is 0 Å². The minimum atomic E-state index is -4.60. The van der Waals surface area contributed by atoms with Crippen molar-refractivity contribution in [2.75, 3.05) is 11.1 Å². The Morgan fingerprint density at radius 1 is 1.04 bits per heavy atom. The molecule has 0 heterocycles. The first kappa shape index (κ1) is 19.2. The summed E-state index contributed by atoms with van der Waals surface area (Å²) in [5, 5.41) is 2.86. The molecule has 0 unspecified atom stereocenters. The fourth-order valence-electron chi connectivity index (χ4n) is 1.75. The van der Waals surface area contributed by atoms with Crippen LogP contribution in [-0.2, 0) is 11.0 Å². The molecule has 0 saturated carbocycles. The second-order valence-corrected chi connectivity index (χ2v) is 6.87. The first-order chi connectivity index (χ1) is 11.2. The van der Waals surface area contributed by atoms with Crippen LogP contribution < -0.4 is 5.32 Å². The van der Waals surface area contributed by atoms with Gasteiger partial charge >= 0.3 is 6.18 Å². The molecule has 1 amide bonds. The zero-order valence-corrected chi connectivity index (χ0v) is 14.8. The summed E-state index contributed by atoms with van der Waals surface area (Å²) in [5.41, 5.74) is -0.998. The quantitative estimate of drug-likeness (QED) is 0.587. The summed E-state index contributed by atoms with van der Waals surface area (Å²) in [5.74, 6) is -0.518. The predicted molar refractivity (Wildman–Crippen MR) is 92.3 cm³/mol. The summed E-state index contributed by atoms with van der Waals surface area (Å²) in [6.45, 7) is 0. The number of nitrogens with one attached hydrogen (secondary N) is 1. The molecule has 0 radical (unpaired) electrons. The second-order valence-electron chi connectivity index (χ2n) is 4.60. The molecule has 0 fully saturated rings. The van der Waals surface area contributed by atoms with E-state index in [1.54, 1.807) is 18.2 Å². The molecule has 0 bridgehead atoms. The van der Waals surface area contributed by atoms with Crippen LogP contribution in [0, 0.1) is 0 Å². The number of anilines is 1. The molecule has 0 saturated heterocycles. The van der Waals surface area contributed by atoms with Gasteiger partial charge in [0.15, 0.2) is 0 Å². The topological polar surface area (TPSA) is 29.1 Å². The van der Waals surface area contributed by atoms with Gasteiger partial charge < -0.3 is 5.32 Å². The average Bonchev–Trinajstić information content (AvgIpc) is 2.49. The summed E-state index contributed by atoms with van der Waals surface area (Å²) in [4.78, 5) is 12.5. The van der Waals surface area contributed by atoms with E-state index < -0.39 is 22.7 Å². The third-order valence-corrected chi connectivity index (χ3v) is 4.87. The Hall–Kier alpha value is -1.08. The van der Waals surface area contributed by atoms with Crippen molar-refractivity contribution in [2.24, 2.45) is 0 Å². The number of hydrogen-bond donors (Lipinski definition) is 1. The van der Waals surface area contributed by atoms with Gasteiger partial charge in [-0.2, -0.15) is 13.2 Å². The molecule has 1 N–H and O–H groups in total. The summed E-state index contributed by atoms with van der Waals surface area (Å²) in [6.07, 6.45) is -4.60. The highest BCUT2D eigenvalue weighted by molar-refractivity contribution is 8.00. The monoisotopic (exact) mass is 413 g/mol. The van der Waals surface area contributed by atoms with Crippen LogP contribution >= 0.6 is 46.6 Å². The Balaban J connectivity index is 2.04. The largest absolute Gasteiger partial charge is 0.417 e. The second kappa shape index (κ2) is 7.87. The van der Waals surface area contributed by atoms with Crippen molar-refractivity contribution >= 4 is 58.2 Å². The lowest BCUT2D eigenvalue weighted by molar-refractivity contribution is -0.137. The van der Waals surface area contributed by atoms with Gasteiger partial charge in [0.25, 0.3) is 0 Å². The molecule has 2 aromatic carbocycles. The predicted octanol–water partition coefficient (Wildman–Crippen LogP) is 6.40. The van der Waals surface area contributed by atoms with E-state index in [-0.39, 0.29) is 11.4 Å². The Morgan fingerprint density at radius 3 is 2.38 bits per heavy atom. The zero-order valence-electron chi connectivity index (χ0n) is 11.8. The van der Waals surface area contributed by atoms with Crippen LogP contribution in [0.3, 0.4) is 0 Å². The Bertz CT molecular complexity index is 768. The van der Waals surface area contributed by atoms with Gasteiger partial charge in [-0.3, -0.25) is 4.79 Å². The van der Waals surface area contributed by atoms with Gasteiger partial charge in [-0.05, 0) is 36.4 Å². The number of rotatable bonds is 4. The van der Waals surface area contributed by atoms with Gasteiger partial charge in [0, 0.05) is 15.6 Å². The summed E-state index contributed by atoms with van der Waals surface area (Å²) in [6, 6.07) is 7.98. The standard InChI is InChI=1S/C15H9Cl3F3NOS/c16-8-1-3-12(18)13(5-8)24-7-14(23)22-9-2-4-11(17)10(6-9)15(19,20)21/h1-6H,7H2,(H,22,23). The Kier molecular flexibility index (Phi) is 6.31. The molecular weight excluding hydrogens is 406 g/mol. The van der Waals surface area contributed by atoms with Gasteiger partial charge in [-0.1, -0.05) is 34.8 Å². The molecule has 0 aliphatic carbocycles. The highest BCUT2D eigenvalue weighted by Gasteiger charge is 2.33. The van der Waals surface area contributed by atoms with E-state index in [1.165, 1.54) is 6.07 Å². The highest BCUT2D eigenvalue weighted by atomic mass is 35.5. The molecule has 2 rings (SSSR count). The first-order valence-corrected chi connectivity index (χ1v) is 8.53. The molecule has 128 valence electrons. The molecule has 0 aromatic heterocycles. The van der Waals surface area contributed by atoms with E-state index in [4.69, 9.17) is 34.8 Å². The zero-order chi connectivity index (χ0) is 17.9. The van der Waals surface area contributed by atoms with Crippen molar-refractivity contribution < 1.29 is 18.0 Å². The number of alkyl halides is 3. The van der Waals surface area contributed by atoms with Gasteiger partial charge in [0.2, 0.25) is 5.91 Å². The van der Waals surface area contributed by atoms with Crippen molar-refractivity contribution in [3.05, 3.63) is 57.0 Å². The van der Waals surface area contributed by atoms with Crippen molar-refractivity contribution in [3.8, 4) is 0 Å². The number of benzene rings is 2. The van der Waals surface area contributed by atoms with Gasteiger partial charge in [-0.25, -0.2) is 0 Å². The summed E-state index contributed by atoms with van der Waals surface area (Å²) >= 11 is 18.5. The number of halogens is 6. The van der Waals surface area contributed by atoms with Gasteiger partial charge in [-0.15, -0.1) is 11.8 Å². The van der Waals surface area contributed by atoms with E-state index >= 15 is 0 Å². The minimum Gasteiger partial charge on any atom is -0.325 e. The molecule has 9 heteroatoms. The van der Waals surface area contributed by atoms with Crippen molar-refractivity contribution in [1.82, 2.24) is 0 Å². The average molecular weight is 415 g/mol. The van der Waals surface area contributed by atoms with Crippen molar-refractivity contribution in [2.45, 2.75) is 11.1 Å². The number of hydrogen-bond acceptors (Lipinski definition) is 2. The number of carbonyl (C=O) groups excluding carboxylic acids is 1. The smallest absolute Gasteiger partial charge is 0.325 e. The first-order valence-electron chi connectivity index (χ1n) is 6.41. The fraction of sp³-hybridized carbons (Fsp3) is 0.133. The molecule has 2 nitrogen and oxygen atoms in total. The van der Waals surface area contributed by atoms with Crippen LogP contribution in [0.2, 0.25) is 15.1 Å². The maximum Gasteiger partial charge on any atom is 0.417 e. The SMILES string of the molecule is O=C(CSc1cc(Cl)ccc1Cl)Nc1ccc(Cl)c(C(F)(F)F)c1. The highest BCUT2D eigenvalue weighted by Crippen LogP contribution is 2.36. The van der Waals surface area contributed by atoms with Crippen molar-refractivity contribution in [3.63, 3.8) is 0 Å². The van der Waals surface area contributed by atoms with Gasteiger partial charge in [0.1, 0.15) is 0 Å². The fourth-order valence-corrected chi connectivity index (χ4v) is 3.27. The van der Waals surface area contributed by atoms with Crippen LogP contribution in [0.5, 0.6) is 0 Å². The summed E-state index contributed by atoms with van der Waals surface area (Å²) < 4.78 is 38.4. The normalized spacial score (nSPS) is 11.4. The van der Waals surface area contributed by atoms with E-state index in [0.29, 0.717) is 14.9 Å². The lowest BCUT2D eigenvalue weighted by atomic mass is 10.2. The van der Waals surface area contributed by atoms with Crippen LogP contribution in [0.4, 0.5) is 18.9 Å². The number of thioether (sulfide) groups is 1. The van der Waals surface area contributed by atoms with E-state index in [0.717, 1.165) is 23.9 Å². The molecule has 0 atom stereocenters. The molecule has 0 aliphatic heterocycles. The Morgan fingerprint density at radius 2 is 1.71 bits per heavy atom. The molecule has 24 heavy (non-hydrogen) atoms. The number of carbonyl (C=O) groups is 1. The van der Waals surface area contributed by atoms with Crippen LogP contribution in [-0.4, -0.2) is 11.7 Å². The Labute approximate surface area is 155 Å². The van der Waals surface area contributed by atoms with Crippen LogP contribution in [0.25, 0.3) is 0 Å². The van der Waals surface area contributed by atoms with Crippen LogP contribution in [0.1, 0.15) is 5.56 Å². The van der Waals surface area contributed by atoms with Crippen molar-refractivity contribution in [1.29, 1.82) is 0 Å². The third kappa shape index (κ3) is 5.21. The van der Waals surface area contributed by atoms with Crippen LogP contribution in [0.15, 0.2) is 41.3 Å². The molecule has 0 aliphatic rings. The van der Waals surface area contributed by atoms with E-state index in [2.05, 4.69) is 5.32 Å². The third-order valence-electron chi connectivity index (χ3n) is 2.81. The lowest BCUT2D eigenvalue weighted by Crippen LogP contribution is -2.15. The number of amides is 1. The van der Waals surface area contributed by atoms with Gasteiger partial charge in [0.05, 0.1) is 21.4 Å². The molecule has 0 spiro atoms. The molecular formula is C15H9Cl3F3NOS. The molecule has 2 aromatic rings. The maximum absolute atomic E-state index is 12.8. The minimum absolute atomic E-state index is 0.00881. The summed E-state index contributed by atoms with van der Waals surface area (Å²) in [7, 11) is 0. The van der Waals surface area contributed by atoms with E-state index in [9.17, 15) is 18.0 Å². The maximum atomic E-state index is 12.8.